The largest absolute Gasteiger partial charge is 0.347 e. The van der Waals surface area contributed by atoms with Crippen LogP contribution >= 0.6 is 11.6 Å². The van der Waals surface area contributed by atoms with Crippen LogP contribution in [-0.4, -0.2) is 16.1 Å². The first-order valence-corrected chi connectivity index (χ1v) is 5.90. The van der Waals surface area contributed by atoms with Crippen molar-refractivity contribution in [3.8, 4) is 0 Å². The highest BCUT2D eigenvalue weighted by atomic mass is 35.5. The van der Waals surface area contributed by atoms with Crippen molar-refractivity contribution in [2.45, 2.75) is 6.54 Å². The van der Waals surface area contributed by atoms with Crippen LogP contribution in [0, 0.1) is 0 Å². The molecule has 1 aromatic heterocycles. The maximum Gasteiger partial charge on any atom is 0.272 e. The Bertz CT molecular complexity index is 555. The Morgan fingerprint density at radius 2 is 1.89 bits per heavy atom. The molecule has 4 N–H and O–H groups in total. The van der Waals surface area contributed by atoms with Gasteiger partial charge in [-0.05, 0) is 29.8 Å². The Balaban J connectivity index is 1.95. The molecule has 0 aliphatic heterocycles. The van der Waals surface area contributed by atoms with E-state index in [9.17, 15) is 4.79 Å². The van der Waals surface area contributed by atoms with Crippen LogP contribution in [0.15, 0.2) is 36.4 Å². The number of hydrazine groups is 1. The summed E-state index contributed by atoms with van der Waals surface area (Å²) in [6, 6.07) is 10.3. The highest BCUT2D eigenvalue weighted by Crippen LogP contribution is 2.09. The Morgan fingerprint density at radius 3 is 2.47 bits per heavy atom. The molecule has 19 heavy (non-hydrogen) atoms. The van der Waals surface area contributed by atoms with E-state index in [0.29, 0.717) is 17.4 Å². The molecule has 0 bridgehead atoms. The lowest BCUT2D eigenvalue weighted by atomic mass is 10.2. The number of carbonyl (C=O) groups is 1. The van der Waals surface area contributed by atoms with E-state index >= 15 is 0 Å². The zero-order valence-electron chi connectivity index (χ0n) is 9.93. The molecule has 0 radical (unpaired) electrons. The van der Waals surface area contributed by atoms with Crippen molar-refractivity contribution < 1.29 is 4.79 Å². The average molecular weight is 278 g/mol. The van der Waals surface area contributed by atoms with E-state index in [1.807, 2.05) is 12.1 Å². The summed E-state index contributed by atoms with van der Waals surface area (Å²) in [6.45, 7) is 0.397. The third kappa shape index (κ3) is 3.64. The molecule has 1 aromatic carbocycles. The second-order valence-corrected chi connectivity index (χ2v) is 4.19. The van der Waals surface area contributed by atoms with E-state index in [1.165, 1.54) is 0 Å². The predicted octanol–water partition coefficient (Wildman–Crippen LogP) is 1.35. The van der Waals surface area contributed by atoms with Gasteiger partial charge in [0.05, 0.1) is 0 Å². The molecule has 0 saturated heterocycles. The molecule has 0 aliphatic carbocycles. The van der Waals surface area contributed by atoms with Crippen LogP contribution in [0.5, 0.6) is 0 Å². The second-order valence-electron chi connectivity index (χ2n) is 3.76. The maximum atomic E-state index is 11.8. The van der Waals surface area contributed by atoms with E-state index in [1.54, 1.807) is 24.3 Å². The Hall–Kier alpha value is -2.18. The van der Waals surface area contributed by atoms with Gasteiger partial charge >= 0.3 is 0 Å². The van der Waals surface area contributed by atoms with Crippen LogP contribution in [0.4, 0.5) is 5.82 Å². The van der Waals surface area contributed by atoms with Crippen molar-refractivity contribution in [2.24, 2.45) is 5.84 Å². The van der Waals surface area contributed by atoms with Crippen molar-refractivity contribution in [1.82, 2.24) is 15.5 Å². The summed E-state index contributed by atoms with van der Waals surface area (Å²) in [6.07, 6.45) is 0. The van der Waals surface area contributed by atoms with Crippen LogP contribution in [-0.2, 0) is 6.54 Å². The number of benzene rings is 1. The lowest BCUT2D eigenvalue weighted by Gasteiger charge is -2.05. The van der Waals surface area contributed by atoms with Crippen molar-refractivity contribution in [1.29, 1.82) is 0 Å². The number of amides is 1. The number of carbonyl (C=O) groups excluding carboxylic acids is 1. The first kappa shape index (κ1) is 13.3. The standard InChI is InChI=1S/C12H12ClN5O/c13-9-3-1-8(2-4-9)7-15-12(19)10-5-6-11(16-14)18-17-10/h1-6H,7,14H2,(H,15,19)(H,16,18). The van der Waals surface area contributed by atoms with Crippen LogP contribution in [0.2, 0.25) is 5.02 Å². The zero-order valence-corrected chi connectivity index (χ0v) is 10.7. The molecule has 0 spiro atoms. The molecule has 6 nitrogen and oxygen atoms in total. The minimum absolute atomic E-state index is 0.230. The smallest absolute Gasteiger partial charge is 0.272 e. The summed E-state index contributed by atoms with van der Waals surface area (Å²) in [4.78, 5) is 11.8. The monoisotopic (exact) mass is 277 g/mol. The number of aromatic nitrogens is 2. The van der Waals surface area contributed by atoms with Crippen LogP contribution in [0.3, 0.4) is 0 Å². The molecule has 0 aliphatic rings. The van der Waals surface area contributed by atoms with Gasteiger partial charge < -0.3 is 10.7 Å². The quantitative estimate of drug-likeness (QED) is 0.579. The lowest BCUT2D eigenvalue weighted by Crippen LogP contribution is -2.24. The first-order chi connectivity index (χ1) is 9.19. The number of nitrogen functional groups attached to an aromatic ring is 1. The van der Waals surface area contributed by atoms with Gasteiger partial charge in [0.2, 0.25) is 0 Å². The third-order valence-corrected chi connectivity index (χ3v) is 2.66. The highest BCUT2D eigenvalue weighted by Gasteiger charge is 2.07. The summed E-state index contributed by atoms with van der Waals surface area (Å²) >= 11 is 5.78. The minimum atomic E-state index is -0.300. The number of hydrogen-bond donors (Lipinski definition) is 3. The van der Waals surface area contributed by atoms with Gasteiger partial charge in [0.25, 0.3) is 5.91 Å². The van der Waals surface area contributed by atoms with Crippen molar-refractivity contribution in [2.75, 3.05) is 5.43 Å². The fourth-order valence-electron chi connectivity index (χ4n) is 1.41. The summed E-state index contributed by atoms with van der Waals surface area (Å²) < 4.78 is 0. The van der Waals surface area contributed by atoms with Gasteiger partial charge in [-0.25, -0.2) is 5.84 Å². The van der Waals surface area contributed by atoms with Crippen molar-refractivity contribution in [3.63, 3.8) is 0 Å². The second kappa shape index (κ2) is 6.12. The fourth-order valence-corrected chi connectivity index (χ4v) is 1.53. The normalized spacial score (nSPS) is 10.0. The van der Waals surface area contributed by atoms with Crippen LogP contribution in [0.1, 0.15) is 16.1 Å². The predicted molar refractivity (Wildman–Crippen MR) is 72.5 cm³/mol. The number of rotatable bonds is 4. The van der Waals surface area contributed by atoms with Gasteiger partial charge in [0, 0.05) is 11.6 Å². The maximum absolute atomic E-state index is 11.8. The SMILES string of the molecule is NNc1ccc(C(=O)NCc2ccc(Cl)cc2)nn1. The third-order valence-electron chi connectivity index (χ3n) is 2.41. The number of nitrogens with two attached hydrogens (primary N) is 1. The van der Waals surface area contributed by atoms with E-state index in [0.717, 1.165) is 5.56 Å². The average Bonchev–Trinajstić information content (AvgIpc) is 2.46. The van der Waals surface area contributed by atoms with E-state index < -0.39 is 0 Å². The van der Waals surface area contributed by atoms with Gasteiger partial charge in [0.1, 0.15) is 0 Å². The van der Waals surface area contributed by atoms with E-state index in [2.05, 4.69) is 20.9 Å². The Morgan fingerprint density at radius 1 is 1.16 bits per heavy atom. The number of halogens is 1. The molecule has 7 heteroatoms. The number of nitrogens with zero attached hydrogens (tertiary/aromatic N) is 2. The Kier molecular flexibility index (Phi) is 4.27. The molecule has 98 valence electrons. The molecule has 1 amide bonds. The number of anilines is 1. The highest BCUT2D eigenvalue weighted by molar-refractivity contribution is 6.30. The van der Waals surface area contributed by atoms with Crippen LogP contribution < -0.4 is 16.6 Å². The summed E-state index contributed by atoms with van der Waals surface area (Å²) in [7, 11) is 0. The van der Waals surface area contributed by atoms with Gasteiger partial charge in [-0.3, -0.25) is 4.79 Å². The Labute approximate surface area is 115 Å². The number of nitrogens with one attached hydrogen (secondary N) is 2. The van der Waals surface area contributed by atoms with Crippen LogP contribution in [0.25, 0.3) is 0 Å². The molecule has 0 atom stereocenters. The summed E-state index contributed by atoms with van der Waals surface area (Å²) in [5.74, 6) is 5.26. The molecule has 1 heterocycles. The minimum Gasteiger partial charge on any atom is -0.347 e. The first-order valence-electron chi connectivity index (χ1n) is 5.52. The van der Waals surface area contributed by atoms with Gasteiger partial charge in [-0.15, -0.1) is 10.2 Å². The fraction of sp³-hybridized carbons (Fsp3) is 0.0833. The number of hydrogen-bond acceptors (Lipinski definition) is 5. The molecular formula is C12H12ClN5O. The van der Waals surface area contributed by atoms with Gasteiger partial charge in [-0.2, -0.15) is 0 Å². The van der Waals surface area contributed by atoms with Gasteiger partial charge in [0.15, 0.2) is 11.5 Å². The summed E-state index contributed by atoms with van der Waals surface area (Å²) in [5.41, 5.74) is 3.52. The lowest BCUT2D eigenvalue weighted by molar-refractivity contribution is 0.0945. The van der Waals surface area contributed by atoms with E-state index in [-0.39, 0.29) is 11.6 Å². The molecule has 0 saturated carbocycles. The molecule has 0 fully saturated rings. The van der Waals surface area contributed by atoms with E-state index in [4.69, 9.17) is 17.4 Å². The summed E-state index contributed by atoms with van der Waals surface area (Å²) in [5, 5.41) is 10.9. The van der Waals surface area contributed by atoms with Crippen molar-refractivity contribution >= 4 is 23.3 Å². The van der Waals surface area contributed by atoms with Gasteiger partial charge in [-0.1, -0.05) is 23.7 Å². The molecule has 0 unspecified atom stereocenters. The van der Waals surface area contributed by atoms with Crippen molar-refractivity contribution in [3.05, 3.63) is 52.7 Å². The molecular weight excluding hydrogens is 266 g/mol. The molecule has 2 rings (SSSR count). The molecule has 2 aromatic rings. The topological polar surface area (TPSA) is 92.9 Å². The zero-order chi connectivity index (χ0) is 13.7.